The Bertz CT molecular complexity index is 2780. The second-order valence-corrected chi connectivity index (χ2v) is 19.7. The van der Waals surface area contributed by atoms with E-state index in [0.29, 0.717) is 11.5 Å². The van der Waals surface area contributed by atoms with Crippen molar-refractivity contribution >= 4 is 93.9 Å². The van der Waals surface area contributed by atoms with Gasteiger partial charge in [0, 0.05) is 19.9 Å². The Balaban J connectivity index is 0.000000291. The molecule has 2 saturated heterocycles. The molecule has 446 valence electrons. The van der Waals surface area contributed by atoms with Crippen LogP contribution in [0, 0.1) is 0 Å². The molecule has 2 aliphatic rings. The number of nitrogens with one attached hydrogen (secondary N) is 1. The molecule has 0 radical (unpaired) electrons. The van der Waals surface area contributed by atoms with E-state index in [4.69, 9.17) is 39.0 Å². The van der Waals surface area contributed by atoms with Gasteiger partial charge < -0.3 is 54.2 Å². The first kappa shape index (κ1) is 68.1. The molecule has 26 nitrogen and oxygen atoms in total. The van der Waals surface area contributed by atoms with Gasteiger partial charge >= 0.3 is 60.2 Å². The predicted octanol–water partition coefficient (Wildman–Crippen LogP) is 6.38. The Morgan fingerprint density at radius 1 is 0.542 bits per heavy atom. The zero-order valence-electron chi connectivity index (χ0n) is 45.1. The van der Waals surface area contributed by atoms with Crippen LogP contribution in [0.3, 0.4) is 0 Å². The maximum Gasteiger partial charge on any atom is 0.413 e. The van der Waals surface area contributed by atoms with Crippen LogP contribution in [0.25, 0.3) is 0 Å². The number of cyclic esters (lactones) is 2. The van der Waals surface area contributed by atoms with Crippen LogP contribution >= 0.6 is 23.5 Å². The van der Waals surface area contributed by atoms with Gasteiger partial charge in [0.1, 0.15) is 50.6 Å². The van der Waals surface area contributed by atoms with Crippen LogP contribution in [0.5, 0.6) is 0 Å². The number of carboxylic acids is 4. The van der Waals surface area contributed by atoms with Gasteiger partial charge in [0.2, 0.25) is 0 Å². The molecule has 2 heterocycles. The van der Waals surface area contributed by atoms with E-state index in [1.165, 1.54) is 7.05 Å². The van der Waals surface area contributed by atoms with E-state index >= 15 is 0 Å². The number of hydrogen-bond donors (Lipinski definition) is 5. The van der Waals surface area contributed by atoms with Gasteiger partial charge in [-0.25, -0.2) is 38.4 Å². The van der Waals surface area contributed by atoms with Crippen molar-refractivity contribution in [1.29, 1.82) is 0 Å². The number of carboxylic acid groups (broad SMARTS) is 4. The fraction of sp³-hybridized carbons (Fsp3) is 0.345. The maximum absolute atomic E-state index is 12.1. The Labute approximate surface area is 484 Å². The fourth-order valence-corrected chi connectivity index (χ4v) is 7.98. The molecular weight excluding hydrogens is 1130 g/mol. The predicted molar refractivity (Wildman–Crippen MR) is 293 cm³/mol. The molecule has 0 spiro atoms. The summed E-state index contributed by atoms with van der Waals surface area (Å²) in [4.78, 5) is 140. The van der Waals surface area contributed by atoms with Crippen molar-refractivity contribution < 1.29 is 106 Å². The molecule has 4 aromatic carbocycles. The number of aliphatic carboxylic acids is 4. The molecule has 0 aromatic heterocycles. The lowest BCUT2D eigenvalue weighted by Gasteiger charge is -2.23. The molecule has 6 rings (SSSR count). The normalized spacial score (nSPS) is 14.5. The third-order valence-electron chi connectivity index (χ3n) is 11.0. The summed E-state index contributed by atoms with van der Waals surface area (Å²) in [7, 11) is 1.32. The molecule has 0 unspecified atom stereocenters. The quantitative estimate of drug-likeness (QED) is 0.0421. The van der Waals surface area contributed by atoms with Crippen molar-refractivity contribution in [3.63, 3.8) is 0 Å². The lowest BCUT2D eigenvalue weighted by Crippen LogP contribution is -2.43. The van der Waals surface area contributed by atoms with Crippen molar-refractivity contribution in [3.05, 3.63) is 144 Å². The molecular formula is C55H62N4O22S2. The zero-order chi connectivity index (χ0) is 61.3. The van der Waals surface area contributed by atoms with Crippen LogP contribution in [-0.2, 0) is 93.2 Å². The molecule has 28 heteroatoms. The number of rotatable bonds is 22. The smallest absolute Gasteiger partial charge is 0.413 e. The minimum absolute atomic E-state index is 0.0217. The summed E-state index contributed by atoms with van der Waals surface area (Å²) >= 11 is 2.15. The molecule has 2 aliphatic heterocycles. The maximum atomic E-state index is 12.1. The number of carbonyl (C=O) groups excluding carboxylic acids is 8. The fourth-order valence-electron chi connectivity index (χ4n) is 6.79. The van der Waals surface area contributed by atoms with E-state index in [1.807, 2.05) is 66.8 Å². The zero-order valence-corrected chi connectivity index (χ0v) is 46.8. The number of nitrogens with zero attached hydrogens (tertiary/aromatic N) is 3. The van der Waals surface area contributed by atoms with E-state index < -0.39 is 97.2 Å². The van der Waals surface area contributed by atoms with Gasteiger partial charge in [-0.15, -0.1) is 0 Å². The second kappa shape index (κ2) is 37.0. The first-order chi connectivity index (χ1) is 39.6. The van der Waals surface area contributed by atoms with Gasteiger partial charge in [-0.3, -0.25) is 33.9 Å². The van der Waals surface area contributed by atoms with E-state index in [-0.39, 0.29) is 63.0 Å². The second-order valence-electron chi connectivity index (χ2n) is 17.1. The Kier molecular flexibility index (Phi) is 30.3. The number of thioether (sulfide) groups is 2. The highest BCUT2D eigenvalue weighted by molar-refractivity contribution is 8.13. The van der Waals surface area contributed by atoms with E-state index in [0.717, 1.165) is 60.5 Å². The minimum Gasteiger partial charge on any atom is -0.481 e. The summed E-state index contributed by atoms with van der Waals surface area (Å²) in [6, 6.07) is 31.3. The summed E-state index contributed by atoms with van der Waals surface area (Å²) in [5, 5.41) is 36.7. The topological polar surface area (TPSA) is 363 Å². The van der Waals surface area contributed by atoms with Gasteiger partial charge in [0.05, 0.1) is 12.8 Å². The van der Waals surface area contributed by atoms with Crippen molar-refractivity contribution in [1.82, 2.24) is 20.0 Å². The van der Waals surface area contributed by atoms with E-state index in [1.54, 1.807) is 73.7 Å². The molecule has 0 aliphatic carbocycles. The highest BCUT2D eigenvalue weighted by atomic mass is 32.2. The number of ether oxygens (including phenoxy) is 6. The van der Waals surface area contributed by atoms with Crippen LogP contribution in [0.1, 0.15) is 61.8 Å². The molecule has 4 amide bonds. The van der Waals surface area contributed by atoms with E-state index in [2.05, 4.69) is 4.74 Å². The summed E-state index contributed by atoms with van der Waals surface area (Å²) < 4.78 is 29.6. The average molecular weight is 1200 g/mol. The summed E-state index contributed by atoms with van der Waals surface area (Å²) in [6.07, 6.45) is -4.69. The van der Waals surface area contributed by atoms with E-state index in [9.17, 15) is 62.6 Å². The lowest BCUT2D eigenvalue weighted by atomic mass is 10.2. The Morgan fingerprint density at radius 3 is 1.30 bits per heavy atom. The molecule has 4 aromatic rings. The number of likely N-dealkylation sites (N-methyl/N-ethyl adjacent to an activating group) is 1. The summed E-state index contributed by atoms with van der Waals surface area (Å²) in [6.45, 7) is 3.36. The van der Waals surface area contributed by atoms with Crippen LogP contribution in [0.15, 0.2) is 121 Å². The Hall–Kier alpha value is -9.18. The molecule has 2 fully saturated rings. The van der Waals surface area contributed by atoms with Gasteiger partial charge in [0.15, 0.2) is 23.7 Å². The molecule has 4 atom stereocenters. The van der Waals surface area contributed by atoms with Crippen molar-refractivity contribution in [2.24, 2.45) is 0 Å². The molecule has 0 saturated carbocycles. The monoisotopic (exact) mass is 1190 g/mol. The largest absolute Gasteiger partial charge is 0.481 e. The molecule has 83 heavy (non-hydrogen) atoms. The number of carbonyl (C=O) groups is 12. The summed E-state index contributed by atoms with van der Waals surface area (Å²) in [5.41, 5.74) is 3.18. The van der Waals surface area contributed by atoms with Gasteiger partial charge in [-0.1, -0.05) is 159 Å². The SMILES string of the molecule is CCSC(=O)C[C@@H](C(=O)O)N(C)C(=O)OCc1ccccc1.CCSC(=O)C[C@H]1C(=O)OCN1C(=O)OCc1ccccc1.O=C(O)C[C@H](NC(=O)OCc1ccccc1)C(=O)O.O=C(O)C[C@H]1C(=O)OCN1C(=O)OCc1ccccc1. The lowest BCUT2D eigenvalue weighted by molar-refractivity contribution is -0.145. The van der Waals surface area contributed by atoms with Crippen molar-refractivity contribution in [3.8, 4) is 0 Å². The Morgan fingerprint density at radius 2 is 0.928 bits per heavy atom. The molecule has 0 bridgehead atoms. The first-order valence-electron chi connectivity index (χ1n) is 25.0. The van der Waals surface area contributed by atoms with Crippen LogP contribution in [0.2, 0.25) is 0 Å². The van der Waals surface area contributed by atoms with Gasteiger partial charge in [-0.05, 0) is 33.8 Å². The van der Waals surface area contributed by atoms with Gasteiger partial charge in [-0.2, -0.15) is 0 Å². The van der Waals surface area contributed by atoms with Crippen LogP contribution in [-0.4, -0.2) is 162 Å². The van der Waals surface area contributed by atoms with Crippen LogP contribution in [0.4, 0.5) is 19.2 Å². The number of hydrogen-bond acceptors (Lipinski definition) is 20. The third-order valence-corrected chi connectivity index (χ3v) is 12.5. The summed E-state index contributed by atoms with van der Waals surface area (Å²) in [5.74, 6) is -5.29. The molecule has 5 N–H and O–H groups in total. The average Bonchev–Trinajstić information content (AvgIpc) is 4.05. The third kappa shape index (κ3) is 25.9. The van der Waals surface area contributed by atoms with Crippen molar-refractivity contribution in [2.75, 3.05) is 32.0 Å². The minimum atomic E-state index is -1.51. The standard InChI is InChI=1S/C15H17NO5S.C15H19NO5S.C13H13NO6.C12H13NO6/c1-2-22-13(17)8-12-14(18)21-10-16(12)15(19)20-9-11-6-4-3-5-7-11;1-3-22-13(17)9-12(14(18)19)16(2)15(20)21-10-11-7-5-4-6-8-11;15-11(16)6-10-12(17)20-8-14(10)13(18)19-7-9-4-2-1-3-5-9;14-10(15)6-9(11(16)17)13-12(18)19-7-8-4-2-1-3-5-8/h3-7,12H,2,8-10H2,1H3;4-8,12H,3,9-10H2,1-2H3,(H,18,19);1-5,10H,6-8H2,(H,15,16);1-5,9H,6-7H2,(H,13,18)(H,14,15)(H,16,17)/t2*12-;10-;9-/m0000/s1. The number of esters is 2. The number of benzene rings is 4. The number of alkyl carbamates (subject to hydrolysis) is 1. The van der Waals surface area contributed by atoms with Crippen LogP contribution < -0.4 is 5.32 Å². The highest BCUT2D eigenvalue weighted by Gasteiger charge is 2.41. The van der Waals surface area contributed by atoms with Gasteiger partial charge in [0.25, 0.3) is 0 Å². The first-order valence-corrected chi connectivity index (χ1v) is 27.0. The number of amides is 4. The highest BCUT2D eigenvalue weighted by Crippen LogP contribution is 2.21. The van der Waals surface area contributed by atoms with Crippen molar-refractivity contribution in [2.45, 2.75) is 90.1 Å².